The number of phenols is 1. The highest BCUT2D eigenvalue weighted by Crippen LogP contribution is 2.18. The SMILES string of the molecule is N[C@@H](CCO)c1cccc(O)c1. The Morgan fingerprint density at radius 3 is 2.75 bits per heavy atom. The highest BCUT2D eigenvalue weighted by atomic mass is 16.3. The highest BCUT2D eigenvalue weighted by Gasteiger charge is 2.04. The summed E-state index contributed by atoms with van der Waals surface area (Å²) >= 11 is 0. The molecule has 1 rings (SSSR count). The van der Waals surface area contributed by atoms with E-state index in [0.29, 0.717) is 6.42 Å². The summed E-state index contributed by atoms with van der Waals surface area (Å²) < 4.78 is 0. The summed E-state index contributed by atoms with van der Waals surface area (Å²) in [6.07, 6.45) is 0.517. The van der Waals surface area contributed by atoms with Crippen molar-refractivity contribution in [2.45, 2.75) is 12.5 Å². The minimum atomic E-state index is -0.193. The predicted octanol–water partition coefficient (Wildman–Crippen LogP) is 0.774. The quantitative estimate of drug-likeness (QED) is 0.623. The van der Waals surface area contributed by atoms with E-state index < -0.39 is 0 Å². The van der Waals surface area contributed by atoms with Gasteiger partial charge in [0.25, 0.3) is 0 Å². The number of benzene rings is 1. The van der Waals surface area contributed by atoms with E-state index in [1.807, 2.05) is 6.07 Å². The molecule has 0 saturated heterocycles. The van der Waals surface area contributed by atoms with Crippen LogP contribution in [0.3, 0.4) is 0 Å². The third-order valence-corrected chi connectivity index (χ3v) is 1.74. The molecule has 0 spiro atoms. The van der Waals surface area contributed by atoms with Crippen LogP contribution in [0.25, 0.3) is 0 Å². The van der Waals surface area contributed by atoms with Crippen molar-refractivity contribution >= 4 is 0 Å². The van der Waals surface area contributed by atoms with Gasteiger partial charge in [-0.15, -0.1) is 0 Å². The van der Waals surface area contributed by atoms with Crippen LogP contribution in [0, 0.1) is 0 Å². The average Bonchev–Trinajstić information content (AvgIpc) is 2.05. The highest BCUT2D eigenvalue weighted by molar-refractivity contribution is 5.29. The van der Waals surface area contributed by atoms with Gasteiger partial charge in [-0.05, 0) is 24.1 Å². The third-order valence-electron chi connectivity index (χ3n) is 1.74. The van der Waals surface area contributed by atoms with Crippen LogP contribution in [0.1, 0.15) is 18.0 Å². The van der Waals surface area contributed by atoms with Crippen molar-refractivity contribution in [3.63, 3.8) is 0 Å². The molecule has 1 aromatic rings. The van der Waals surface area contributed by atoms with Gasteiger partial charge in [-0.2, -0.15) is 0 Å². The number of hydrogen-bond donors (Lipinski definition) is 3. The summed E-state index contributed by atoms with van der Waals surface area (Å²) in [5.74, 6) is 0.209. The number of aromatic hydroxyl groups is 1. The molecule has 1 aromatic carbocycles. The fourth-order valence-electron chi connectivity index (χ4n) is 1.06. The van der Waals surface area contributed by atoms with E-state index in [9.17, 15) is 0 Å². The second-order valence-corrected chi connectivity index (χ2v) is 2.71. The van der Waals surface area contributed by atoms with Gasteiger partial charge in [0.05, 0.1) is 0 Å². The summed E-state index contributed by atoms with van der Waals surface area (Å²) in [5, 5.41) is 17.7. The lowest BCUT2D eigenvalue weighted by atomic mass is 10.1. The summed E-state index contributed by atoms with van der Waals surface area (Å²) in [6, 6.07) is 6.58. The van der Waals surface area contributed by atoms with Gasteiger partial charge in [-0.25, -0.2) is 0 Å². The fraction of sp³-hybridized carbons (Fsp3) is 0.333. The van der Waals surface area contributed by atoms with Gasteiger partial charge in [0.1, 0.15) is 5.75 Å². The van der Waals surface area contributed by atoms with Gasteiger partial charge in [-0.3, -0.25) is 0 Å². The summed E-state index contributed by atoms with van der Waals surface area (Å²) in [7, 11) is 0. The molecular weight excluding hydrogens is 154 g/mol. The fourth-order valence-corrected chi connectivity index (χ4v) is 1.06. The summed E-state index contributed by atoms with van der Waals surface area (Å²) in [6.45, 7) is 0.0663. The molecule has 0 radical (unpaired) electrons. The van der Waals surface area contributed by atoms with Crippen molar-refractivity contribution in [1.29, 1.82) is 0 Å². The van der Waals surface area contributed by atoms with Crippen LogP contribution in [0.4, 0.5) is 0 Å². The van der Waals surface area contributed by atoms with E-state index in [1.165, 1.54) is 0 Å². The summed E-state index contributed by atoms with van der Waals surface area (Å²) in [4.78, 5) is 0. The standard InChI is InChI=1S/C9H13NO2/c10-9(4-5-11)7-2-1-3-8(12)6-7/h1-3,6,9,11-12H,4-5,10H2/t9-/m0/s1. The van der Waals surface area contributed by atoms with E-state index >= 15 is 0 Å². The minimum absolute atomic E-state index is 0.0663. The number of aliphatic hydroxyl groups excluding tert-OH is 1. The Kier molecular flexibility index (Phi) is 3.08. The van der Waals surface area contributed by atoms with Crippen LogP contribution in [-0.2, 0) is 0 Å². The first-order valence-corrected chi connectivity index (χ1v) is 3.89. The Balaban J connectivity index is 2.73. The number of aliphatic hydroxyl groups is 1. The van der Waals surface area contributed by atoms with E-state index in [4.69, 9.17) is 15.9 Å². The molecule has 0 aromatic heterocycles. The maximum Gasteiger partial charge on any atom is 0.115 e. The van der Waals surface area contributed by atoms with Gasteiger partial charge in [0, 0.05) is 12.6 Å². The predicted molar refractivity (Wildman–Crippen MR) is 46.7 cm³/mol. The van der Waals surface area contributed by atoms with E-state index in [1.54, 1.807) is 18.2 Å². The van der Waals surface area contributed by atoms with Crippen LogP contribution in [-0.4, -0.2) is 16.8 Å². The molecule has 3 nitrogen and oxygen atoms in total. The molecule has 0 saturated carbocycles. The first-order chi connectivity index (χ1) is 5.74. The first kappa shape index (κ1) is 9.03. The monoisotopic (exact) mass is 167 g/mol. The Hall–Kier alpha value is -1.06. The number of nitrogens with two attached hydrogens (primary N) is 1. The molecular formula is C9H13NO2. The molecule has 1 atom stereocenters. The second kappa shape index (κ2) is 4.09. The lowest BCUT2D eigenvalue weighted by Gasteiger charge is -2.09. The molecule has 0 bridgehead atoms. The molecule has 0 heterocycles. The van der Waals surface area contributed by atoms with E-state index in [-0.39, 0.29) is 18.4 Å². The zero-order chi connectivity index (χ0) is 8.97. The zero-order valence-electron chi connectivity index (χ0n) is 6.77. The number of phenolic OH excluding ortho intramolecular Hbond substituents is 1. The van der Waals surface area contributed by atoms with Gasteiger partial charge in [-0.1, -0.05) is 12.1 Å². The van der Waals surface area contributed by atoms with Crippen molar-refractivity contribution < 1.29 is 10.2 Å². The van der Waals surface area contributed by atoms with E-state index in [0.717, 1.165) is 5.56 Å². The Morgan fingerprint density at radius 2 is 2.17 bits per heavy atom. The molecule has 0 amide bonds. The average molecular weight is 167 g/mol. The van der Waals surface area contributed by atoms with Crippen molar-refractivity contribution in [2.75, 3.05) is 6.61 Å². The molecule has 0 aliphatic heterocycles. The molecule has 0 unspecified atom stereocenters. The van der Waals surface area contributed by atoms with Crippen LogP contribution in [0.2, 0.25) is 0 Å². The zero-order valence-corrected chi connectivity index (χ0v) is 6.77. The van der Waals surface area contributed by atoms with Crippen molar-refractivity contribution in [1.82, 2.24) is 0 Å². The number of hydrogen-bond acceptors (Lipinski definition) is 3. The molecule has 0 aliphatic rings. The summed E-state index contributed by atoms with van der Waals surface area (Å²) in [5.41, 5.74) is 6.55. The maximum atomic E-state index is 9.11. The lowest BCUT2D eigenvalue weighted by Crippen LogP contribution is -2.11. The normalized spacial score (nSPS) is 12.8. The third kappa shape index (κ3) is 2.22. The van der Waals surface area contributed by atoms with Crippen LogP contribution in [0.5, 0.6) is 5.75 Å². The van der Waals surface area contributed by atoms with Crippen LogP contribution in [0.15, 0.2) is 24.3 Å². The Bertz CT molecular complexity index is 250. The molecule has 0 fully saturated rings. The van der Waals surface area contributed by atoms with Gasteiger partial charge in [0.2, 0.25) is 0 Å². The molecule has 0 aliphatic carbocycles. The Morgan fingerprint density at radius 1 is 1.42 bits per heavy atom. The Labute approximate surface area is 71.5 Å². The maximum absolute atomic E-state index is 9.11. The van der Waals surface area contributed by atoms with Crippen LogP contribution >= 0.6 is 0 Å². The van der Waals surface area contributed by atoms with Crippen molar-refractivity contribution in [2.24, 2.45) is 5.73 Å². The minimum Gasteiger partial charge on any atom is -0.508 e. The molecule has 66 valence electrons. The number of rotatable bonds is 3. The topological polar surface area (TPSA) is 66.5 Å². The van der Waals surface area contributed by atoms with Crippen molar-refractivity contribution in [3.05, 3.63) is 29.8 Å². The largest absolute Gasteiger partial charge is 0.508 e. The van der Waals surface area contributed by atoms with Gasteiger partial charge >= 0.3 is 0 Å². The van der Waals surface area contributed by atoms with E-state index in [2.05, 4.69) is 0 Å². The molecule has 12 heavy (non-hydrogen) atoms. The molecule has 3 heteroatoms. The first-order valence-electron chi connectivity index (χ1n) is 3.89. The molecule has 4 N–H and O–H groups in total. The van der Waals surface area contributed by atoms with Crippen LogP contribution < -0.4 is 5.73 Å². The second-order valence-electron chi connectivity index (χ2n) is 2.71. The smallest absolute Gasteiger partial charge is 0.115 e. The van der Waals surface area contributed by atoms with Gasteiger partial charge < -0.3 is 15.9 Å². The lowest BCUT2D eigenvalue weighted by molar-refractivity contribution is 0.276. The van der Waals surface area contributed by atoms with Gasteiger partial charge in [0.15, 0.2) is 0 Å². The van der Waals surface area contributed by atoms with Crippen molar-refractivity contribution in [3.8, 4) is 5.75 Å².